The van der Waals surface area contributed by atoms with Crippen LogP contribution in [0.1, 0.15) is 45.3 Å². The summed E-state index contributed by atoms with van der Waals surface area (Å²) < 4.78 is 8.66. The van der Waals surface area contributed by atoms with E-state index in [-0.39, 0.29) is 11.6 Å². The normalized spacial score (nSPS) is 13.9. The van der Waals surface area contributed by atoms with Crippen molar-refractivity contribution in [3.63, 3.8) is 0 Å². The van der Waals surface area contributed by atoms with Crippen LogP contribution in [0, 0.1) is 0 Å². The summed E-state index contributed by atoms with van der Waals surface area (Å²) in [6.45, 7) is 7.07. The third kappa shape index (κ3) is 2.61. The number of halogens is 1. The molecule has 0 fully saturated rings. The van der Waals surface area contributed by atoms with Crippen molar-refractivity contribution in [1.29, 1.82) is 0 Å². The molecule has 0 amide bonds. The Morgan fingerprint density at radius 3 is 2.50 bits per heavy atom. The van der Waals surface area contributed by atoms with Gasteiger partial charge in [0.25, 0.3) is 0 Å². The second-order valence-corrected chi connectivity index (χ2v) is 5.12. The molecule has 0 aliphatic heterocycles. The molecular weight excluding hydrogens is 296 g/mol. The van der Waals surface area contributed by atoms with E-state index in [4.69, 9.17) is 10.6 Å². The van der Waals surface area contributed by atoms with E-state index in [2.05, 4.69) is 47.2 Å². The summed E-state index contributed by atoms with van der Waals surface area (Å²) in [5.74, 6) is 5.78. The van der Waals surface area contributed by atoms with Crippen LogP contribution in [0.15, 0.2) is 10.7 Å². The maximum Gasteiger partial charge on any atom is 0.0929 e. The number of nitrogens with one attached hydrogen (secondary N) is 1. The third-order valence-corrected chi connectivity index (χ3v) is 4.31. The quantitative estimate of drug-likeness (QED) is 0.598. The summed E-state index contributed by atoms with van der Waals surface area (Å²) in [5.41, 5.74) is 3.60. The number of rotatable bonds is 7. The van der Waals surface area contributed by atoms with E-state index in [1.54, 1.807) is 13.3 Å². The van der Waals surface area contributed by atoms with Gasteiger partial charge in [-0.3, -0.25) is 10.5 Å². The lowest BCUT2D eigenvalue weighted by Crippen LogP contribution is -2.48. The zero-order valence-corrected chi connectivity index (χ0v) is 13.1. The average molecular weight is 319 g/mol. The monoisotopic (exact) mass is 318 g/mol. The van der Waals surface area contributed by atoms with Crippen molar-refractivity contribution >= 4 is 15.9 Å². The van der Waals surface area contributed by atoms with E-state index in [1.165, 1.54) is 0 Å². The molecule has 0 aromatic carbocycles. The maximum absolute atomic E-state index is 5.78. The van der Waals surface area contributed by atoms with Gasteiger partial charge in [0.05, 0.1) is 28.0 Å². The first-order valence-corrected chi connectivity index (χ1v) is 7.11. The first-order valence-electron chi connectivity index (χ1n) is 6.32. The molecule has 0 aliphatic carbocycles. The van der Waals surface area contributed by atoms with Gasteiger partial charge >= 0.3 is 0 Å². The summed E-state index contributed by atoms with van der Waals surface area (Å²) >= 11 is 3.54. The fourth-order valence-electron chi connectivity index (χ4n) is 2.46. The Hall–Kier alpha value is -0.430. The van der Waals surface area contributed by atoms with Crippen LogP contribution in [0.25, 0.3) is 0 Å². The number of aryl methyl sites for hydroxylation is 1. The summed E-state index contributed by atoms with van der Waals surface area (Å²) in [7, 11) is 1.73. The minimum atomic E-state index is -0.329. The molecular formula is C12H23BrN4O. The van der Waals surface area contributed by atoms with Crippen molar-refractivity contribution in [3.8, 4) is 0 Å². The summed E-state index contributed by atoms with van der Waals surface area (Å²) in [6.07, 6.45) is 3.54. The molecule has 104 valence electrons. The molecule has 5 nitrogen and oxygen atoms in total. The van der Waals surface area contributed by atoms with Crippen molar-refractivity contribution < 1.29 is 4.74 Å². The number of hydrogen-bond donors (Lipinski definition) is 2. The van der Waals surface area contributed by atoms with Crippen LogP contribution in [0.3, 0.4) is 0 Å². The molecule has 6 heteroatoms. The van der Waals surface area contributed by atoms with Gasteiger partial charge in [-0.1, -0.05) is 13.8 Å². The first kappa shape index (κ1) is 15.6. The number of nitrogens with zero attached hydrogens (tertiary/aromatic N) is 2. The standard InChI is InChI=1S/C12H23BrN4O/c1-5-12(6-2,18-4)11(16-14)10-9(13)8-15-17(10)7-3/h8,11,16H,5-7,14H2,1-4H3. The number of methoxy groups -OCH3 is 1. The zero-order chi connectivity index (χ0) is 13.8. The second-order valence-electron chi connectivity index (χ2n) is 4.27. The van der Waals surface area contributed by atoms with Crippen LogP contribution in [-0.4, -0.2) is 22.5 Å². The van der Waals surface area contributed by atoms with E-state index in [0.29, 0.717) is 0 Å². The molecule has 18 heavy (non-hydrogen) atoms. The molecule has 0 saturated carbocycles. The van der Waals surface area contributed by atoms with Gasteiger partial charge in [-0.15, -0.1) is 0 Å². The van der Waals surface area contributed by atoms with Crippen molar-refractivity contribution in [3.05, 3.63) is 16.4 Å². The summed E-state index contributed by atoms with van der Waals surface area (Å²) in [6, 6.07) is -0.102. The van der Waals surface area contributed by atoms with Crippen molar-refractivity contribution in [1.82, 2.24) is 15.2 Å². The van der Waals surface area contributed by atoms with Crippen LogP contribution in [-0.2, 0) is 11.3 Å². The lowest BCUT2D eigenvalue weighted by atomic mass is 9.86. The Kier molecular flexibility index (Phi) is 5.78. The zero-order valence-electron chi connectivity index (χ0n) is 11.5. The number of nitrogens with two attached hydrogens (primary N) is 1. The molecule has 0 bridgehead atoms. The fraction of sp³-hybridized carbons (Fsp3) is 0.750. The van der Waals surface area contributed by atoms with E-state index in [0.717, 1.165) is 29.6 Å². The van der Waals surface area contributed by atoms with Crippen LogP contribution in [0.4, 0.5) is 0 Å². The van der Waals surface area contributed by atoms with Gasteiger partial charge in [-0.05, 0) is 35.7 Å². The number of hydrogen-bond acceptors (Lipinski definition) is 4. The number of hydrazine groups is 1. The van der Waals surface area contributed by atoms with Gasteiger partial charge < -0.3 is 4.74 Å². The highest BCUT2D eigenvalue weighted by Crippen LogP contribution is 2.37. The highest BCUT2D eigenvalue weighted by atomic mass is 79.9. The molecule has 1 atom stereocenters. The van der Waals surface area contributed by atoms with Crippen LogP contribution in [0.2, 0.25) is 0 Å². The van der Waals surface area contributed by atoms with Gasteiger partial charge in [-0.25, -0.2) is 5.43 Å². The van der Waals surface area contributed by atoms with E-state index < -0.39 is 0 Å². The third-order valence-electron chi connectivity index (χ3n) is 3.70. The predicted octanol–water partition coefficient (Wildman–Crippen LogP) is 2.38. The molecule has 1 unspecified atom stereocenters. The smallest absolute Gasteiger partial charge is 0.0929 e. The van der Waals surface area contributed by atoms with Gasteiger partial charge in [0.15, 0.2) is 0 Å². The molecule has 0 aliphatic rings. The lowest BCUT2D eigenvalue weighted by Gasteiger charge is -2.38. The van der Waals surface area contributed by atoms with Crippen LogP contribution < -0.4 is 11.3 Å². The van der Waals surface area contributed by atoms with Crippen molar-refractivity contribution in [2.75, 3.05) is 7.11 Å². The Bertz CT molecular complexity index is 368. The first-order chi connectivity index (χ1) is 8.60. The molecule has 0 spiro atoms. The topological polar surface area (TPSA) is 65.1 Å². The minimum absolute atomic E-state index is 0.102. The minimum Gasteiger partial charge on any atom is -0.376 e. The summed E-state index contributed by atoms with van der Waals surface area (Å²) in [4.78, 5) is 0. The van der Waals surface area contributed by atoms with Crippen molar-refractivity contribution in [2.24, 2.45) is 5.84 Å². The summed E-state index contributed by atoms with van der Waals surface area (Å²) in [5, 5.41) is 4.34. The Morgan fingerprint density at radius 1 is 1.50 bits per heavy atom. The average Bonchev–Trinajstić information content (AvgIpc) is 2.77. The molecule has 1 aromatic heterocycles. The van der Waals surface area contributed by atoms with Gasteiger partial charge in [0.2, 0.25) is 0 Å². The SMILES string of the molecule is CCn1ncc(Br)c1C(NN)C(CC)(CC)OC. The second kappa shape index (κ2) is 6.65. The Morgan fingerprint density at radius 2 is 2.11 bits per heavy atom. The van der Waals surface area contributed by atoms with E-state index in [1.807, 2.05) is 4.68 Å². The molecule has 3 N–H and O–H groups in total. The maximum atomic E-state index is 5.78. The molecule has 1 heterocycles. The molecule has 0 saturated heterocycles. The molecule has 1 rings (SSSR count). The Balaban J connectivity index is 3.27. The van der Waals surface area contributed by atoms with Gasteiger partial charge in [0, 0.05) is 13.7 Å². The van der Waals surface area contributed by atoms with Gasteiger partial charge in [0.1, 0.15) is 0 Å². The number of aromatic nitrogens is 2. The molecule has 0 radical (unpaired) electrons. The highest BCUT2D eigenvalue weighted by Gasteiger charge is 2.39. The van der Waals surface area contributed by atoms with Gasteiger partial charge in [-0.2, -0.15) is 5.10 Å². The largest absolute Gasteiger partial charge is 0.376 e. The highest BCUT2D eigenvalue weighted by molar-refractivity contribution is 9.10. The van der Waals surface area contributed by atoms with E-state index >= 15 is 0 Å². The Labute approximate surface area is 117 Å². The predicted molar refractivity (Wildman–Crippen MR) is 76.0 cm³/mol. The molecule has 1 aromatic rings. The lowest BCUT2D eigenvalue weighted by molar-refractivity contribution is -0.0509. The van der Waals surface area contributed by atoms with Crippen LogP contribution in [0.5, 0.6) is 0 Å². The number of ether oxygens (including phenoxy) is 1. The van der Waals surface area contributed by atoms with Crippen LogP contribution >= 0.6 is 15.9 Å². The van der Waals surface area contributed by atoms with E-state index in [9.17, 15) is 0 Å². The van der Waals surface area contributed by atoms with Crippen molar-refractivity contribution in [2.45, 2.75) is 51.8 Å². The fourth-order valence-corrected chi connectivity index (χ4v) is 2.98.